The van der Waals surface area contributed by atoms with Crippen molar-refractivity contribution in [1.82, 2.24) is 9.78 Å². The molecule has 1 saturated carbocycles. The summed E-state index contributed by atoms with van der Waals surface area (Å²) in [6.07, 6.45) is 6.47. The Bertz CT molecular complexity index is 633. The number of hydrogen-bond acceptors (Lipinski definition) is 1. The van der Waals surface area contributed by atoms with Gasteiger partial charge >= 0.3 is 0 Å². The zero-order valence-corrected chi connectivity index (χ0v) is 9.66. The molecule has 0 saturated heterocycles. The Kier molecular flexibility index (Phi) is 1.93. The molecule has 2 aliphatic rings. The normalized spacial score (nSPS) is 24.6. The minimum Gasteiger partial charge on any atom is -0.234 e. The molecule has 2 aromatic rings. The summed E-state index contributed by atoms with van der Waals surface area (Å²) in [5, 5.41) is 4.17. The van der Waals surface area contributed by atoms with Gasteiger partial charge in [0.15, 0.2) is 5.82 Å². The van der Waals surface area contributed by atoms with Crippen LogP contribution in [-0.4, -0.2) is 9.78 Å². The lowest BCUT2D eigenvalue weighted by Crippen LogP contribution is -2.07. The molecule has 2 nitrogen and oxygen atoms in total. The summed E-state index contributed by atoms with van der Waals surface area (Å²) in [4.78, 5) is 0. The van der Waals surface area contributed by atoms with Gasteiger partial charge < -0.3 is 0 Å². The van der Waals surface area contributed by atoms with E-state index in [0.717, 1.165) is 30.2 Å². The molecule has 18 heavy (non-hydrogen) atoms. The molecule has 4 heteroatoms. The molecule has 0 aliphatic heterocycles. The number of aromatic nitrogens is 2. The third-order valence-electron chi connectivity index (χ3n) is 4.14. The summed E-state index contributed by atoms with van der Waals surface area (Å²) in [5.41, 5.74) is 2.54. The molecule has 2 bridgehead atoms. The van der Waals surface area contributed by atoms with E-state index in [0.29, 0.717) is 17.5 Å². The van der Waals surface area contributed by atoms with Crippen LogP contribution in [0.3, 0.4) is 0 Å². The maximum absolute atomic E-state index is 13.8. The third kappa shape index (κ3) is 1.23. The molecule has 2 atom stereocenters. The zero-order valence-electron chi connectivity index (χ0n) is 9.66. The SMILES string of the molecule is Fc1ccc(-n2n[c]c3c2C2CCC3C2)c(F)c1. The molecule has 4 rings (SSSR count). The van der Waals surface area contributed by atoms with Crippen LogP contribution >= 0.6 is 0 Å². The van der Waals surface area contributed by atoms with E-state index in [4.69, 9.17) is 0 Å². The minimum absolute atomic E-state index is 0.321. The molecule has 2 aliphatic carbocycles. The van der Waals surface area contributed by atoms with E-state index >= 15 is 0 Å². The van der Waals surface area contributed by atoms with Gasteiger partial charge in [-0.2, -0.15) is 5.10 Å². The van der Waals surface area contributed by atoms with E-state index in [1.807, 2.05) is 0 Å². The Morgan fingerprint density at radius 1 is 1.22 bits per heavy atom. The molecular formula is C14H11F2N2. The number of hydrogen-bond donors (Lipinski definition) is 0. The van der Waals surface area contributed by atoms with Crippen molar-refractivity contribution in [2.24, 2.45) is 0 Å². The van der Waals surface area contributed by atoms with E-state index in [-0.39, 0.29) is 0 Å². The number of rotatable bonds is 1. The van der Waals surface area contributed by atoms with Gasteiger partial charge in [0.2, 0.25) is 0 Å². The largest absolute Gasteiger partial charge is 0.234 e. The van der Waals surface area contributed by atoms with E-state index in [9.17, 15) is 8.78 Å². The first-order chi connectivity index (χ1) is 8.74. The molecule has 1 aromatic carbocycles. The zero-order chi connectivity index (χ0) is 12.3. The lowest BCUT2D eigenvalue weighted by atomic mass is 9.98. The van der Waals surface area contributed by atoms with E-state index in [2.05, 4.69) is 11.3 Å². The Labute approximate surface area is 103 Å². The van der Waals surface area contributed by atoms with Gasteiger partial charge in [-0.3, -0.25) is 0 Å². The van der Waals surface area contributed by atoms with Crippen molar-refractivity contribution in [3.8, 4) is 5.69 Å². The highest BCUT2D eigenvalue weighted by Gasteiger charge is 2.40. The molecule has 2 unspecified atom stereocenters. The molecule has 1 fully saturated rings. The Balaban J connectivity index is 1.90. The van der Waals surface area contributed by atoms with Crippen molar-refractivity contribution >= 4 is 0 Å². The second-order valence-corrected chi connectivity index (χ2v) is 5.13. The van der Waals surface area contributed by atoms with Crippen LogP contribution < -0.4 is 0 Å². The fourth-order valence-corrected chi connectivity index (χ4v) is 3.35. The smallest absolute Gasteiger partial charge is 0.151 e. The lowest BCUT2D eigenvalue weighted by Gasteiger charge is -2.14. The maximum Gasteiger partial charge on any atom is 0.151 e. The Hall–Kier alpha value is -1.71. The first kappa shape index (κ1) is 10.2. The van der Waals surface area contributed by atoms with Crippen molar-refractivity contribution in [3.05, 3.63) is 47.3 Å². The molecule has 0 amide bonds. The second kappa shape index (κ2) is 3.40. The van der Waals surface area contributed by atoms with Gasteiger partial charge in [0.25, 0.3) is 0 Å². The monoisotopic (exact) mass is 245 g/mol. The summed E-state index contributed by atoms with van der Waals surface area (Å²) in [6.45, 7) is 0. The highest BCUT2D eigenvalue weighted by atomic mass is 19.1. The van der Waals surface area contributed by atoms with Gasteiger partial charge in [0.1, 0.15) is 17.7 Å². The fraction of sp³-hybridized carbons (Fsp3) is 0.357. The fourth-order valence-electron chi connectivity index (χ4n) is 3.35. The average Bonchev–Trinajstić information content (AvgIpc) is 3.00. The molecule has 0 spiro atoms. The van der Waals surface area contributed by atoms with Crippen LogP contribution in [0.25, 0.3) is 5.69 Å². The Morgan fingerprint density at radius 3 is 2.89 bits per heavy atom. The summed E-state index contributed by atoms with van der Waals surface area (Å²) in [6, 6.07) is 3.61. The maximum atomic E-state index is 13.8. The lowest BCUT2D eigenvalue weighted by molar-refractivity contribution is 0.566. The second-order valence-electron chi connectivity index (χ2n) is 5.13. The predicted octanol–water partition coefficient (Wildman–Crippen LogP) is 3.32. The van der Waals surface area contributed by atoms with Gasteiger partial charge in [0.05, 0.1) is 5.69 Å². The number of halogens is 2. The molecule has 1 aromatic heterocycles. The van der Waals surface area contributed by atoms with Gasteiger partial charge in [-0.25, -0.2) is 13.5 Å². The number of nitrogens with zero attached hydrogens (tertiary/aromatic N) is 2. The van der Waals surface area contributed by atoms with Crippen LogP contribution in [0.5, 0.6) is 0 Å². The van der Waals surface area contributed by atoms with Crippen molar-refractivity contribution in [3.63, 3.8) is 0 Å². The predicted molar refractivity (Wildman–Crippen MR) is 61.6 cm³/mol. The molecule has 0 N–H and O–H groups in total. The van der Waals surface area contributed by atoms with E-state index < -0.39 is 11.6 Å². The highest BCUT2D eigenvalue weighted by Crippen LogP contribution is 2.53. The van der Waals surface area contributed by atoms with Gasteiger partial charge in [-0.15, -0.1) is 0 Å². The topological polar surface area (TPSA) is 17.8 Å². The van der Waals surface area contributed by atoms with Crippen LogP contribution in [0.2, 0.25) is 0 Å². The van der Waals surface area contributed by atoms with Crippen LogP contribution in [-0.2, 0) is 0 Å². The standard InChI is InChI=1S/C14H11F2N2/c15-10-3-4-13(12(16)6-10)18-14-9-2-1-8(5-9)11(14)7-17-18/h3-4,6,8-9H,1-2,5H2. The minimum atomic E-state index is -0.572. The van der Waals surface area contributed by atoms with Crippen molar-refractivity contribution in [2.75, 3.05) is 0 Å². The first-order valence-electron chi connectivity index (χ1n) is 6.20. The van der Waals surface area contributed by atoms with Crippen LogP contribution in [0.1, 0.15) is 42.4 Å². The molecule has 1 radical (unpaired) electrons. The van der Waals surface area contributed by atoms with Crippen LogP contribution in [0, 0.1) is 17.8 Å². The number of fused-ring (bicyclic) bond motifs is 5. The van der Waals surface area contributed by atoms with Gasteiger partial charge in [-0.1, -0.05) is 0 Å². The number of benzene rings is 1. The Morgan fingerprint density at radius 2 is 2.06 bits per heavy atom. The van der Waals surface area contributed by atoms with Crippen molar-refractivity contribution < 1.29 is 8.78 Å². The summed E-state index contributed by atoms with van der Waals surface area (Å²) in [7, 11) is 0. The quantitative estimate of drug-likeness (QED) is 0.753. The van der Waals surface area contributed by atoms with Crippen molar-refractivity contribution in [2.45, 2.75) is 31.1 Å². The van der Waals surface area contributed by atoms with Gasteiger partial charge in [-0.05, 0) is 37.3 Å². The van der Waals surface area contributed by atoms with Crippen LogP contribution in [0.15, 0.2) is 18.2 Å². The summed E-state index contributed by atoms with van der Waals surface area (Å²) in [5.74, 6) is -0.127. The summed E-state index contributed by atoms with van der Waals surface area (Å²) >= 11 is 0. The van der Waals surface area contributed by atoms with E-state index in [1.165, 1.54) is 18.6 Å². The summed E-state index contributed by atoms with van der Waals surface area (Å²) < 4.78 is 28.4. The molecular weight excluding hydrogens is 234 g/mol. The van der Waals surface area contributed by atoms with Crippen LogP contribution in [0.4, 0.5) is 8.78 Å². The molecule has 1 heterocycles. The molecule has 91 valence electrons. The first-order valence-corrected chi connectivity index (χ1v) is 6.20. The van der Waals surface area contributed by atoms with E-state index in [1.54, 1.807) is 4.68 Å². The van der Waals surface area contributed by atoms with Gasteiger partial charge in [0, 0.05) is 17.5 Å². The third-order valence-corrected chi connectivity index (χ3v) is 4.14. The average molecular weight is 245 g/mol. The van der Waals surface area contributed by atoms with Crippen molar-refractivity contribution in [1.29, 1.82) is 0 Å². The highest BCUT2D eigenvalue weighted by molar-refractivity contribution is 5.42.